The first-order chi connectivity index (χ1) is 7.86. The van der Waals surface area contributed by atoms with Gasteiger partial charge in [0, 0.05) is 24.4 Å². The minimum absolute atomic E-state index is 0.759. The summed E-state index contributed by atoms with van der Waals surface area (Å²) in [4.78, 5) is 2.51. The predicted octanol–water partition coefficient (Wildman–Crippen LogP) is 1.19. The second kappa shape index (κ2) is 6.84. The number of nitrogens with zero attached hydrogens (tertiary/aromatic N) is 1. The highest BCUT2D eigenvalue weighted by molar-refractivity contribution is 8.00. The average Bonchev–Trinajstić information content (AvgIpc) is 2.72. The molecule has 2 aliphatic rings. The molecular weight excluding hydrogens is 220 g/mol. The molecule has 0 aromatic rings. The molecule has 94 valence electrons. The smallest absolute Gasteiger partial charge is 0.0594 e. The molecule has 0 spiro atoms. The van der Waals surface area contributed by atoms with Gasteiger partial charge < -0.3 is 10.1 Å². The molecule has 2 fully saturated rings. The first kappa shape index (κ1) is 12.7. The molecule has 3 nitrogen and oxygen atoms in total. The van der Waals surface area contributed by atoms with Gasteiger partial charge in [-0.3, -0.25) is 4.90 Å². The van der Waals surface area contributed by atoms with Crippen molar-refractivity contribution in [1.82, 2.24) is 10.2 Å². The number of ether oxygens (including phenoxy) is 1. The van der Waals surface area contributed by atoms with Crippen molar-refractivity contribution in [2.24, 2.45) is 0 Å². The number of hydrogen-bond donors (Lipinski definition) is 1. The van der Waals surface area contributed by atoms with E-state index in [2.05, 4.69) is 28.9 Å². The van der Waals surface area contributed by atoms with Crippen molar-refractivity contribution in [2.75, 3.05) is 45.1 Å². The summed E-state index contributed by atoms with van der Waals surface area (Å²) < 4.78 is 5.34. The zero-order valence-electron chi connectivity index (χ0n) is 10.3. The lowest BCUT2D eigenvalue weighted by Crippen LogP contribution is -2.39. The summed E-state index contributed by atoms with van der Waals surface area (Å²) in [5.74, 6) is 1.34. The maximum absolute atomic E-state index is 5.34. The summed E-state index contributed by atoms with van der Waals surface area (Å²) in [6, 6.07) is 0.759. The van der Waals surface area contributed by atoms with Crippen LogP contribution in [-0.2, 0) is 4.74 Å². The number of hydrogen-bond acceptors (Lipinski definition) is 4. The van der Waals surface area contributed by atoms with Crippen LogP contribution < -0.4 is 5.32 Å². The van der Waals surface area contributed by atoms with E-state index in [-0.39, 0.29) is 0 Å². The molecule has 4 heteroatoms. The fraction of sp³-hybridized carbons (Fsp3) is 1.00. The summed E-state index contributed by atoms with van der Waals surface area (Å²) in [6.45, 7) is 8.83. The predicted molar refractivity (Wildman–Crippen MR) is 70.2 cm³/mol. The Labute approximate surface area is 103 Å². The molecule has 0 aromatic carbocycles. The van der Waals surface area contributed by atoms with E-state index in [4.69, 9.17) is 4.74 Å². The van der Waals surface area contributed by atoms with Crippen LogP contribution in [0.15, 0.2) is 0 Å². The van der Waals surface area contributed by atoms with Crippen molar-refractivity contribution in [3.05, 3.63) is 0 Å². The van der Waals surface area contributed by atoms with E-state index >= 15 is 0 Å². The summed E-state index contributed by atoms with van der Waals surface area (Å²) in [6.07, 6.45) is 2.62. The van der Waals surface area contributed by atoms with Crippen LogP contribution >= 0.6 is 11.8 Å². The van der Waals surface area contributed by atoms with E-state index in [9.17, 15) is 0 Å². The van der Waals surface area contributed by atoms with Crippen molar-refractivity contribution in [3.63, 3.8) is 0 Å². The van der Waals surface area contributed by atoms with Crippen LogP contribution in [0.3, 0.4) is 0 Å². The average molecular weight is 244 g/mol. The lowest BCUT2D eigenvalue weighted by atomic mass is 10.1. The topological polar surface area (TPSA) is 24.5 Å². The van der Waals surface area contributed by atoms with Crippen LogP contribution in [-0.4, -0.2) is 61.3 Å². The number of morpholine rings is 1. The maximum Gasteiger partial charge on any atom is 0.0594 e. The third-order valence-corrected chi connectivity index (χ3v) is 4.86. The van der Waals surface area contributed by atoms with E-state index in [1.165, 1.54) is 31.7 Å². The van der Waals surface area contributed by atoms with Crippen molar-refractivity contribution >= 4 is 11.8 Å². The Morgan fingerprint density at radius 3 is 2.88 bits per heavy atom. The minimum atomic E-state index is 0.759. The van der Waals surface area contributed by atoms with E-state index in [0.717, 1.165) is 37.6 Å². The zero-order chi connectivity index (χ0) is 11.2. The molecule has 0 radical (unpaired) electrons. The third kappa shape index (κ3) is 3.91. The van der Waals surface area contributed by atoms with Crippen LogP contribution in [0.5, 0.6) is 0 Å². The molecule has 0 bridgehead atoms. The largest absolute Gasteiger partial charge is 0.379 e. The Hall–Kier alpha value is 0.230. The van der Waals surface area contributed by atoms with Crippen molar-refractivity contribution in [2.45, 2.75) is 31.1 Å². The van der Waals surface area contributed by atoms with Gasteiger partial charge >= 0.3 is 0 Å². The van der Waals surface area contributed by atoms with Gasteiger partial charge in [0.2, 0.25) is 0 Å². The molecule has 2 atom stereocenters. The first-order valence-electron chi connectivity index (χ1n) is 6.51. The Morgan fingerprint density at radius 1 is 1.38 bits per heavy atom. The third-order valence-electron chi connectivity index (χ3n) is 3.54. The lowest BCUT2D eigenvalue weighted by molar-refractivity contribution is 0.0374. The lowest BCUT2D eigenvalue weighted by Gasteiger charge is -2.26. The summed E-state index contributed by atoms with van der Waals surface area (Å²) in [5.41, 5.74) is 0. The number of thioether (sulfide) groups is 1. The van der Waals surface area contributed by atoms with Gasteiger partial charge in [0.25, 0.3) is 0 Å². The first-order valence-corrected chi connectivity index (χ1v) is 7.56. The Bertz CT molecular complexity index is 197. The Morgan fingerprint density at radius 2 is 2.19 bits per heavy atom. The van der Waals surface area contributed by atoms with Crippen molar-refractivity contribution < 1.29 is 4.74 Å². The Balaban J connectivity index is 1.51. The summed E-state index contributed by atoms with van der Waals surface area (Å²) >= 11 is 2.10. The van der Waals surface area contributed by atoms with Gasteiger partial charge in [-0.15, -0.1) is 0 Å². The molecule has 2 unspecified atom stereocenters. The van der Waals surface area contributed by atoms with Crippen molar-refractivity contribution in [3.8, 4) is 0 Å². The number of nitrogens with one attached hydrogen (secondary N) is 1. The SMILES string of the molecule is CC1SCCC1NCCCN1CCOCC1. The van der Waals surface area contributed by atoms with Gasteiger partial charge in [0.05, 0.1) is 13.2 Å². The normalized spacial score (nSPS) is 32.1. The van der Waals surface area contributed by atoms with Gasteiger partial charge in [0.1, 0.15) is 0 Å². The molecule has 0 aliphatic carbocycles. The van der Waals surface area contributed by atoms with Gasteiger partial charge in [-0.05, 0) is 31.7 Å². The van der Waals surface area contributed by atoms with Crippen LogP contribution in [0.4, 0.5) is 0 Å². The second-order valence-electron chi connectivity index (χ2n) is 4.73. The fourth-order valence-corrected chi connectivity index (χ4v) is 3.64. The molecule has 0 saturated carbocycles. The molecular formula is C12H24N2OS. The minimum Gasteiger partial charge on any atom is -0.379 e. The van der Waals surface area contributed by atoms with Crippen LogP contribution in [0, 0.1) is 0 Å². The molecule has 2 rings (SSSR count). The van der Waals surface area contributed by atoms with Gasteiger partial charge in [0.15, 0.2) is 0 Å². The molecule has 0 amide bonds. The van der Waals surface area contributed by atoms with Crippen LogP contribution in [0.2, 0.25) is 0 Å². The molecule has 2 saturated heterocycles. The zero-order valence-corrected chi connectivity index (χ0v) is 11.1. The number of rotatable bonds is 5. The quantitative estimate of drug-likeness (QED) is 0.734. The van der Waals surface area contributed by atoms with Gasteiger partial charge in [-0.1, -0.05) is 6.92 Å². The maximum atomic E-state index is 5.34. The standard InChI is InChI=1S/C12H24N2OS/c1-11-12(3-10-16-11)13-4-2-5-14-6-8-15-9-7-14/h11-13H,2-10H2,1H3. The van der Waals surface area contributed by atoms with E-state index in [0.29, 0.717) is 0 Å². The molecule has 2 heterocycles. The van der Waals surface area contributed by atoms with Crippen LogP contribution in [0.1, 0.15) is 19.8 Å². The van der Waals surface area contributed by atoms with Crippen molar-refractivity contribution in [1.29, 1.82) is 0 Å². The van der Waals surface area contributed by atoms with Crippen LogP contribution in [0.25, 0.3) is 0 Å². The monoisotopic (exact) mass is 244 g/mol. The summed E-state index contributed by atoms with van der Waals surface area (Å²) in [7, 11) is 0. The van der Waals surface area contributed by atoms with Gasteiger partial charge in [-0.2, -0.15) is 11.8 Å². The molecule has 16 heavy (non-hydrogen) atoms. The van der Waals surface area contributed by atoms with E-state index < -0.39 is 0 Å². The Kier molecular flexibility index (Phi) is 5.42. The second-order valence-corrected chi connectivity index (χ2v) is 6.22. The summed E-state index contributed by atoms with van der Waals surface area (Å²) in [5, 5.41) is 4.50. The highest BCUT2D eigenvalue weighted by Gasteiger charge is 2.22. The van der Waals surface area contributed by atoms with Gasteiger partial charge in [-0.25, -0.2) is 0 Å². The molecule has 2 aliphatic heterocycles. The van der Waals surface area contributed by atoms with E-state index in [1.807, 2.05) is 0 Å². The fourth-order valence-electron chi connectivity index (χ4n) is 2.41. The molecule has 0 aromatic heterocycles. The van der Waals surface area contributed by atoms with E-state index in [1.54, 1.807) is 0 Å². The highest BCUT2D eigenvalue weighted by atomic mass is 32.2. The molecule has 1 N–H and O–H groups in total. The highest BCUT2D eigenvalue weighted by Crippen LogP contribution is 2.25.